The Morgan fingerprint density at radius 2 is 2.31 bits per heavy atom. The molecule has 8 heteroatoms. The van der Waals surface area contributed by atoms with Crippen LogP contribution >= 0.6 is 11.6 Å². The molecule has 1 fully saturated rings. The Kier molecular flexibility index (Phi) is 4.84. The highest BCUT2D eigenvalue weighted by atomic mass is 35.5. The summed E-state index contributed by atoms with van der Waals surface area (Å²) in [5.74, 6) is 1.17. The highest BCUT2D eigenvalue weighted by Crippen LogP contribution is 2.28. The minimum atomic E-state index is -0.362. The zero-order valence-electron chi connectivity index (χ0n) is 14.5. The highest BCUT2D eigenvalue weighted by molar-refractivity contribution is 6.30. The lowest BCUT2D eigenvalue weighted by Crippen LogP contribution is -2.35. The van der Waals surface area contributed by atoms with E-state index in [1.807, 2.05) is 40.8 Å². The van der Waals surface area contributed by atoms with E-state index in [9.17, 15) is 5.11 Å². The second kappa shape index (κ2) is 7.26. The normalized spacial score (nSPS) is 23.0. The Balaban J connectivity index is 1.34. The molecule has 1 aliphatic carbocycles. The topological polar surface area (TPSA) is 81.0 Å². The van der Waals surface area contributed by atoms with Gasteiger partial charge in [-0.1, -0.05) is 11.6 Å². The Hall–Kier alpha value is -2.09. The first-order valence-corrected chi connectivity index (χ1v) is 9.12. The molecule has 1 unspecified atom stereocenters. The molecule has 3 aromatic heterocycles. The fourth-order valence-corrected chi connectivity index (χ4v) is 3.85. The van der Waals surface area contributed by atoms with E-state index in [1.165, 1.54) is 0 Å². The third kappa shape index (κ3) is 3.70. The van der Waals surface area contributed by atoms with E-state index in [2.05, 4.69) is 15.5 Å². The summed E-state index contributed by atoms with van der Waals surface area (Å²) in [7, 11) is 1.90. The average molecular weight is 376 g/mol. The van der Waals surface area contributed by atoms with Crippen LogP contribution in [0.1, 0.15) is 18.5 Å². The molecule has 0 spiro atoms. The fourth-order valence-electron chi connectivity index (χ4n) is 3.69. The van der Waals surface area contributed by atoms with E-state index in [4.69, 9.17) is 16.0 Å². The molecule has 138 valence electrons. The van der Waals surface area contributed by atoms with Crippen molar-refractivity contribution in [2.24, 2.45) is 13.0 Å². The molecule has 0 bridgehead atoms. The quantitative estimate of drug-likeness (QED) is 0.691. The first-order chi connectivity index (χ1) is 12.6. The molecular weight excluding hydrogens is 354 g/mol. The summed E-state index contributed by atoms with van der Waals surface area (Å²) >= 11 is 5.91. The third-order valence-electron chi connectivity index (χ3n) is 4.92. The summed E-state index contributed by atoms with van der Waals surface area (Å²) < 4.78 is 9.10. The van der Waals surface area contributed by atoms with E-state index < -0.39 is 0 Å². The van der Waals surface area contributed by atoms with Gasteiger partial charge < -0.3 is 14.8 Å². The molecule has 3 atom stereocenters. The molecule has 2 N–H and O–H groups in total. The summed E-state index contributed by atoms with van der Waals surface area (Å²) in [6.45, 7) is 1.38. The Morgan fingerprint density at radius 1 is 1.42 bits per heavy atom. The number of furan rings is 1. The number of rotatable bonds is 6. The van der Waals surface area contributed by atoms with Crippen molar-refractivity contribution in [1.82, 2.24) is 24.9 Å². The largest absolute Gasteiger partial charge is 0.463 e. The minimum absolute atomic E-state index is 0.0557. The van der Waals surface area contributed by atoms with Gasteiger partial charge in [0.15, 0.2) is 5.76 Å². The van der Waals surface area contributed by atoms with Gasteiger partial charge >= 0.3 is 0 Å². The zero-order chi connectivity index (χ0) is 18.1. The Morgan fingerprint density at radius 3 is 3.04 bits per heavy atom. The van der Waals surface area contributed by atoms with Crippen LogP contribution in [0.4, 0.5) is 0 Å². The second-order valence-electron chi connectivity index (χ2n) is 6.89. The number of halogens is 1. The molecule has 1 aliphatic rings. The van der Waals surface area contributed by atoms with Gasteiger partial charge in [-0.2, -0.15) is 10.2 Å². The molecule has 26 heavy (non-hydrogen) atoms. The van der Waals surface area contributed by atoms with E-state index in [0.717, 1.165) is 36.5 Å². The molecular formula is C18H22ClN5O2. The van der Waals surface area contributed by atoms with Gasteiger partial charge in [0.1, 0.15) is 5.69 Å². The lowest BCUT2D eigenvalue weighted by molar-refractivity contribution is 0.145. The molecule has 0 aliphatic heterocycles. The van der Waals surface area contributed by atoms with Gasteiger partial charge in [0, 0.05) is 32.4 Å². The summed E-state index contributed by atoms with van der Waals surface area (Å²) in [6, 6.07) is 5.85. The summed E-state index contributed by atoms with van der Waals surface area (Å²) in [4.78, 5) is 0. The highest BCUT2D eigenvalue weighted by Gasteiger charge is 2.33. The first kappa shape index (κ1) is 17.3. The molecule has 0 aromatic carbocycles. The number of aryl methyl sites for hydroxylation is 1. The van der Waals surface area contributed by atoms with Gasteiger partial charge in [-0.05, 0) is 37.0 Å². The number of aliphatic hydroxyl groups is 1. The second-order valence-corrected chi connectivity index (χ2v) is 7.33. The van der Waals surface area contributed by atoms with E-state index in [0.29, 0.717) is 17.5 Å². The van der Waals surface area contributed by atoms with Crippen molar-refractivity contribution < 1.29 is 9.52 Å². The van der Waals surface area contributed by atoms with E-state index >= 15 is 0 Å². The maximum Gasteiger partial charge on any atom is 0.151 e. The van der Waals surface area contributed by atoms with Gasteiger partial charge in [-0.15, -0.1) is 0 Å². The summed E-state index contributed by atoms with van der Waals surface area (Å²) in [5.41, 5.74) is 1.86. The lowest BCUT2D eigenvalue weighted by atomic mass is 10.1. The van der Waals surface area contributed by atoms with Crippen LogP contribution in [-0.2, 0) is 20.1 Å². The van der Waals surface area contributed by atoms with Crippen molar-refractivity contribution in [3.05, 3.63) is 47.6 Å². The number of aromatic nitrogens is 4. The van der Waals surface area contributed by atoms with Gasteiger partial charge in [0.05, 0.1) is 29.3 Å². The van der Waals surface area contributed by atoms with E-state index in [1.54, 1.807) is 12.5 Å². The maximum atomic E-state index is 10.4. The van der Waals surface area contributed by atoms with Crippen LogP contribution in [0.25, 0.3) is 11.5 Å². The smallest absolute Gasteiger partial charge is 0.151 e. The van der Waals surface area contributed by atoms with Crippen LogP contribution in [0.15, 0.2) is 41.3 Å². The number of aliphatic hydroxyl groups excluding tert-OH is 1. The van der Waals surface area contributed by atoms with Crippen LogP contribution in [-0.4, -0.2) is 36.8 Å². The average Bonchev–Trinajstić information content (AvgIpc) is 3.36. The monoisotopic (exact) mass is 375 g/mol. The van der Waals surface area contributed by atoms with Gasteiger partial charge in [-0.3, -0.25) is 9.36 Å². The van der Waals surface area contributed by atoms with Crippen molar-refractivity contribution in [3.63, 3.8) is 0 Å². The van der Waals surface area contributed by atoms with Crippen LogP contribution < -0.4 is 5.32 Å². The van der Waals surface area contributed by atoms with Gasteiger partial charge in [0.25, 0.3) is 0 Å². The predicted octanol–water partition coefficient (Wildman–Crippen LogP) is 2.46. The summed E-state index contributed by atoms with van der Waals surface area (Å²) in [5, 5.41) is 23.2. The van der Waals surface area contributed by atoms with Crippen molar-refractivity contribution in [1.29, 1.82) is 0 Å². The van der Waals surface area contributed by atoms with Crippen molar-refractivity contribution in [2.45, 2.75) is 38.1 Å². The van der Waals surface area contributed by atoms with Crippen LogP contribution in [0.3, 0.4) is 0 Å². The minimum Gasteiger partial charge on any atom is -0.463 e. The summed E-state index contributed by atoms with van der Waals surface area (Å²) in [6.07, 6.45) is 6.41. The first-order valence-electron chi connectivity index (χ1n) is 8.74. The van der Waals surface area contributed by atoms with Crippen LogP contribution in [0.5, 0.6) is 0 Å². The zero-order valence-corrected chi connectivity index (χ0v) is 15.3. The van der Waals surface area contributed by atoms with Gasteiger partial charge in [0.2, 0.25) is 0 Å². The maximum absolute atomic E-state index is 10.4. The Labute approximate surface area is 156 Å². The number of hydrogen-bond donors (Lipinski definition) is 2. The molecule has 3 aromatic rings. The third-order valence-corrected chi connectivity index (χ3v) is 5.12. The molecule has 7 nitrogen and oxygen atoms in total. The SMILES string of the molecule is Cn1nc(CN[C@@H]2CC(Cn3cc(Cl)cn3)C[C@H]2O)cc1-c1ccco1. The van der Waals surface area contributed by atoms with Gasteiger partial charge in [-0.25, -0.2) is 0 Å². The predicted molar refractivity (Wildman–Crippen MR) is 97.5 cm³/mol. The number of nitrogens with one attached hydrogen (secondary N) is 1. The lowest BCUT2D eigenvalue weighted by Gasteiger charge is -2.15. The number of hydrogen-bond acceptors (Lipinski definition) is 5. The molecule has 0 saturated heterocycles. The fraction of sp³-hybridized carbons (Fsp3) is 0.444. The van der Waals surface area contributed by atoms with Crippen LogP contribution in [0, 0.1) is 5.92 Å². The molecule has 0 amide bonds. The van der Waals surface area contributed by atoms with E-state index in [-0.39, 0.29) is 12.1 Å². The molecule has 1 saturated carbocycles. The van der Waals surface area contributed by atoms with Crippen LogP contribution in [0.2, 0.25) is 5.02 Å². The van der Waals surface area contributed by atoms with Crippen molar-refractivity contribution >= 4 is 11.6 Å². The standard InChI is InChI=1S/C18H22ClN5O2/c1-23-16(18-3-2-4-26-18)7-14(22-23)9-20-15-5-12(6-17(15)25)10-24-11-13(19)8-21-24/h2-4,7-8,11-12,15,17,20,25H,5-6,9-10H2,1H3/t12?,15-,17-/m1/s1. The molecule has 3 heterocycles. The molecule has 4 rings (SSSR count). The number of nitrogens with zero attached hydrogens (tertiary/aromatic N) is 4. The van der Waals surface area contributed by atoms with Crippen molar-refractivity contribution in [2.75, 3.05) is 0 Å². The van der Waals surface area contributed by atoms with Crippen molar-refractivity contribution in [3.8, 4) is 11.5 Å². The molecule has 0 radical (unpaired) electrons. The Bertz CT molecular complexity index is 857.